The number of nitriles is 1. The van der Waals surface area contributed by atoms with Gasteiger partial charge in [0.25, 0.3) is 5.91 Å². The smallest absolute Gasteiger partial charge is 0.262 e. The number of rotatable bonds is 15. The topological polar surface area (TPSA) is 176 Å². The molecule has 0 aliphatic carbocycles. The number of carbonyl (C=O) groups excluding carboxylic acids is 1. The Kier molecular flexibility index (Phi) is 12.8. The molecule has 2 aliphatic rings. The van der Waals surface area contributed by atoms with Crippen LogP contribution in [0.25, 0.3) is 16.8 Å². The van der Waals surface area contributed by atoms with Crippen LogP contribution >= 0.6 is 0 Å². The number of carbonyl (C=O) groups is 1. The quantitative estimate of drug-likeness (QED) is 0.135. The fourth-order valence-corrected chi connectivity index (χ4v) is 6.10. The van der Waals surface area contributed by atoms with Crippen molar-refractivity contribution >= 4 is 28.4 Å². The van der Waals surface area contributed by atoms with Crippen molar-refractivity contribution in [2.45, 2.75) is 82.8 Å². The number of morpholine rings is 1. The van der Waals surface area contributed by atoms with Crippen LogP contribution in [-0.4, -0.2) is 119 Å². The fourth-order valence-electron chi connectivity index (χ4n) is 6.10. The van der Waals surface area contributed by atoms with Gasteiger partial charge in [-0.3, -0.25) is 9.69 Å². The monoisotopic (exact) mass is 705 g/mol. The molecule has 2 aliphatic heterocycles. The number of nitrogens with zero attached hydrogens (tertiary/aromatic N) is 5. The third-order valence-electron chi connectivity index (χ3n) is 9.36. The molecule has 4 N–H and O–H groups in total. The highest BCUT2D eigenvalue weighted by Gasteiger charge is 2.37. The first-order valence-corrected chi connectivity index (χ1v) is 17.5. The summed E-state index contributed by atoms with van der Waals surface area (Å²) in [6, 6.07) is 14.1. The number of aromatic nitrogens is 3. The van der Waals surface area contributed by atoms with E-state index in [1.165, 1.54) is 11.8 Å². The van der Waals surface area contributed by atoms with Crippen molar-refractivity contribution in [3.8, 4) is 6.07 Å². The molecule has 51 heavy (non-hydrogen) atoms. The largest absolute Gasteiger partial charge is 0.390 e. The number of hydrogen-bond donors (Lipinski definition) is 4. The molecule has 14 nitrogen and oxygen atoms in total. The first kappa shape index (κ1) is 38.3. The molecule has 1 amide bonds. The molecule has 1 aromatic heterocycles. The highest BCUT2D eigenvalue weighted by molar-refractivity contribution is 6.02. The zero-order valence-corrected chi connectivity index (χ0v) is 30.2. The van der Waals surface area contributed by atoms with Crippen molar-refractivity contribution in [3.63, 3.8) is 0 Å². The number of ether oxygens (including phenoxy) is 4. The number of nitrogens with one attached hydrogen (secondary N) is 2. The van der Waals surface area contributed by atoms with Crippen LogP contribution in [0, 0.1) is 11.3 Å². The molecule has 0 radical (unpaired) electrons. The highest BCUT2D eigenvalue weighted by Crippen LogP contribution is 2.26. The summed E-state index contributed by atoms with van der Waals surface area (Å²) in [6.07, 6.45) is 0.583. The second-order valence-corrected chi connectivity index (χ2v) is 14.3. The van der Waals surface area contributed by atoms with Crippen molar-refractivity contribution in [1.29, 1.82) is 5.26 Å². The van der Waals surface area contributed by atoms with Crippen LogP contribution in [0.5, 0.6) is 0 Å². The summed E-state index contributed by atoms with van der Waals surface area (Å²) in [5.74, 6) is -0.461. The van der Waals surface area contributed by atoms with Gasteiger partial charge in [0.1, 0.15) is 35.1 Å². The van der Waals surface area contributed by atoms with Gasteiger partial charge in [-0.1, -0.05) is 23.4 Å². The van der Waals surface area contributed by atoms with Crippen LogP contribution < -0.4 is 10.6 Å². The van der Waals surface area contributed by atoms with Gasteiger partial charge in [0, 0.05) is 50.9 Å². The molecule has 2 fully saturated rings. The molecule has 0 spiro atoms. The van der Waals surface area contributed by atoms with E-state index in [4.69, 9.17) is 18.9 Å². The van der Waals surface area contributed by atoms with E-state index < -0.39 is 41.6 Å². The first-order chi connectivity index (χ1) is 24.4. The lowest BCUT2D eigenvalue weighted by Gasteiger charge is -2.36. The van der Waals surface area contributed by atoms with Crippen LogP contribution in [0.2, 0.25) is 0 Å². The maximum Gasteiger partial charge on any atom is 0.262 e. The van der Waals surface area contributed by atoms with E-state index in [-0.39, 0.29) is 18.5 Å². The van der Waals surface area contributed by atoms with Gasteiger partial charge >= 0.3 is 0 Å². The maximum absolute atomic E-state index is 13.2. The summed E-state index contributed by atoms with van der Waals surface area (Å²) < 4.78 is 24.1. The number of anilines is 1. The van der Waals surface area contributed by atoms with Crippen LogP contribution in [-0.2, 0) is 35.9 Å². The molecule has 0 saturated carbocycles. The zero-order chi connectivity index (χ0) is 36.6. The van der Waals surface area contributed by atoms with Crippen molar-refractivity contribution < 1.29 is 34.0 Å². The molecule has 4 atom stereocenters. The lowest BCUT2D eigenvalue weighted by Crippen LogP contribution is -2.50. The number of hydrogen-bond acceptors (Lipinski definition) is 12. The molecule has 5 rings (SSSR count). The molecule has 2 saturated heterocycles. The summed E-state index contributed by atoms with van der Waals surface area (Å²) in [4.78, 5) is 15.6. The predicted octanol–water partition coefficient (Wildman–Crippen LogP) is 2.80. The van der Waals surface area contributed by atoms with Crippen LogP contribution in [0.3, 0.4) is 0 Å². The Morgan fingerprint density at radius 1 is 1.14 bits per heavy atom. The molecular weight excluding hydrogens is 654 g/mol. The van der Waals surface area contributed by atoms with Gasteiger partial charge in [-0.05, 0) is 74.7 Å². The second-order valence-electron chi connectivity index (χ2n) is 14.3. The lowest BCUT2D eigenvalue weighted by molar-refractivity contribution is -0.245. The Morgan fingerprint density at radius 2 is 1.88 bits per heavy atom. The van der Waals surface area contributed by atoms with Crippen LogP contribution in [0.4, 0.5) is 5.69 Å². The van der Waals surface area contributed by atoms with Crippen LogP contribution in [0.1, 0.15) is 51.8 Å². The van der Waals surface area contributed by atoms with Gasteiger partial charge < -0.3 is 39.8 Å². The number of methoxy groups -OCH3 is 1. The zero-order valence-electron chi connectivity index (χ0n) is 30.2. The first-order valence-electron chi connectivity index (χ1n) is 17.5. The molecular formula is C37H51N7O7. The SMILES string of the molecule is CO[C@@H]1CC(O)[C@H](O)C(Cn2cc(C(C)(C)OCCC(C)(C)NC(=O)/C(C#N)=C/c3ccc4cc(NCCN5CCOCC5)ccc4c3)nn2)O1. The summed E-state index contributed by atoms with van der Waals surface area (Å²) in [5.41, 5.74) is 0.898. The van der Waals surface area contributed by atoms with E-state index in [0.29, 0.717) is 18.7 Å². The minimum Gasteiger partial charge on any atom is -0.390 e. The normalized spacial score (nSPS) is 22.1. The van der Waals surface area contributed by atoms with E-state index in [1.807, 2.05) is 58.0 Å². The highest BCUT2D eigenvalue weighted by atomic mass is 16.7. The number of aliphatic hydroxyl groups excluding tert-OH is 2. The van der Waals surface area contributed by atoms with Gasteiger partial charge in [0.15, 0.2) is 6.29 Å². The van der Waals surface area contributed by atoms with E-state index >= 15 is 0 Å². The summed E-state index contributed by atoms with van der Waals surface area (Å²) >= 11 is 0. The van der Waals surface area contributed by atoms with Gasteiger partial charge in [0.05, 0.1) is 38.7 Å². The molecule has 2 aromatic carbocycles. The Morgan fingerprint density at radius 3 is 2.63 bits per heavy atom. The third-order valence-corrected chi connectivity index (χ3v) is 9.36. The Balaban J connectivity index is 1.11. The number of fused-ring (bicyclic) bond motifs is 1. The van der Waals surface area contributed by atoms with E-state index in [1.54, 1.807) is 12.3 Å². The van der Waals surface area contributed by atoms with Crippen molar-refractivity contribution in [2.24, 2.45) is 0 Å². The summed E-state index contributed by atoms with van der Waals surface area (Å²) in [5, 5.41) is 47.4. The summed E-state index contributed by atoms with van der Waals surface area (Å²) in [7, 11) is 1.49. The van der Waals surface area contributed by atoms with Gasteiger partial charge in [0.2, 0.25) is 0 Å². The number of aliphatic hydroxyl groups is 2. The Labute approximate surface area is 299 Å². The average molecular weight is 706 g/mol. The van der Waals surface area contributed by atoms with Gasteiger partial charge in [-0.2, -0.15) is 5.26 Å². The molecule has 276 valence electrons. The van der Waals surface area contributed by atoms with E-state index in [9.17, 15) is 20.3 Å². The van der Waals surface area contributed by atoms with E-state index in [0.717, 1.165) is 61.4 Å². The number of amides is 1. The minimum atomic E-state index is -1.08. The Bertz CT molecular complexity index is 1700. The molecule has 14 heteroatoms. The van der Waals surface area contributed by atoms with Crippen LogP contribution in [0.15, 0.2) is 48.2 Å². The fraction of sp³-hybridized carbons (Fsp3) is 0.568. The lowest BCUT2D eigenvalue weighted by atomic mass is 9.99. The molecule has 0 bridgehead atoms. The minimum absolute atomic E-state index is 0.0121. The molecule has 3 heterocycles. The number of benzene rings is 2. The standard InChI is InChI=1S/C37H51N7O7/c1-36(2,10-15-50-37(3,4)32-24-44(42-41-32)23-31-34(46)30(45)21-33(48-5)51-31)40-35(47)28(22-38)19-25-6-7-27-20-29(9-8-26(27)18-25)39-11-12-43-13-16-49-17-14-43/h6-9,18-20,24,30-31,33-34,39,45-46H,10-17,21,23H2,1-5H3,(H,40,47)/b28-19+/t30?,31?,33-,34-/m0/s1. The molecule has 3 aromatic rings. The van der Waals surface area contributed by atoms with Gasteiger partial charge in [-0.15, -0.1) is 5.10 Å². The third kappa shape index (κ3) is 10.6. The van der Waals surface area contributed by atoms with Crippen molar-refractivity contribution in [3.05, 3.63) is 59.4 Å². The molecule has 2 unspecified atom stereocenters. The Hall–Kier alpha value is -3.94. The van der Waals surface area contributed by atoms with Crippen molar-refractivity contribution in [1.82, 2.24) is 25.2 Å². The average Bonchev–Trinajstić information content (AvgIpc) is 3.58. The maximum atomic E-state index is 13.2. The second kappa shape index (κ2) is 17.1. The predicted molar refractivity (Wildman–Crippen MR) is 191 cm³/mol. The van der Waals surface area contributed by atoms with Gasteiger partial charge in [-0.25, -0.2) is 4.68 Å². The van der Waals surface area contributed by atoms with Crippen molar-refractivity contribution in [2.75, 3.05) is 58.4 Å². The summed E-state index contributed by atoms with van der Waals surface area (Å²) in [6.45, 7) is 13.3. The van der Waals surface area contributed by atoms with E-state index in [2.05, 4.69) is 38.0 Å².